The van der Waals surface area contributed by atoms with Crippen LogP contribution in [0.5, 0.6) is 0 Å². The molecule has 3 heteroatoms. The van der Waals surface area contributed by atoms with Gasteiger partial charge in [-0.25, -0.2) is 4.79 Å². The van der Waals surface area contributed by atoms with Gasteiger partial charge in [0.2, 0.25) is 0 Å². The van der Waals surface area contributed by atoms with Gasteiger partial charge in [0, 0.05) is 6.08 Å². The summed E-state index contributed by atoms with van der Waals surface area (Å²) in [5.41, 5.74) is 5.44. The minimum absolute atomic E-state index is 0.313. The minimum Gasteiger partial charge on any atom is -0.463 e. The Bertz CT molecular complexity index is 205. The van der Waals surface area contributed by atoms with Crippen LogP contribution in [0.4, 0.5) is 0 Å². The van der Waals surface area contributed by atoms with Crippen LogP contribution in [-0.4, -0.2) is 19.1 Å². The topological polar surface area (TPSA) is 52.3 Å². The highest BCUT2D eigenvalue weighted by Gasteiger charge is 1.95. The van der Waals surface area contributed by atoms with Gasteiger partial charge in [-0.15, -0.1) is 0 Å². The third kappa shape index (κ3) is 13.2. The molecule has 0 amide bonds. The average molecular weight is 255 g/mol. The van der Waals surface area contributed by atoms with Crippen molar-refractivity contribution in [3.8, 4) is 0 Å². The predicted octanol–water partition coefficient (Wildman–Crippen LogP) is 3.58. The number of ether oxygens (including phenoxy) is 1. The second kappa shape index (κ2) is 14.2. The second-order valence-electron chi connectivity index (χ2n) is 4.70. The summed E-state index contributed by atoms with van der Waals surface area (Å²) in [5.74, 6) is -0.313. The Morgan fingerprint density at radius 3 is 1.78 bits per heavy atom. The molecule has 0 aromatic heterocycles. The van der Waals surface area contributed by atoms with Crippen molar-refractivity contribution in [3.05, 3.63) is 12.7 Å². The van der Waals surface area contributed by atoms with Gasteiger partial charge in [0.05, 0.1) is 6.61 Å². The summed E-state index contributed by atoms with van der Waals surface area (Å²) in [4.78, 5) is 10.7. The molecule has 3 nitrogen and oxygen atoms in total. The first-order chi connectivity index (χ1) is 8.81. The van der Waals surface area contributed by atoms with E-state index < -0.39 is 0 Å². The summed E-state index contributed by atoms with van der Waals surface area (Å²) in [5, 5.41) is 0. The summed E-state index contributed by atoms with van der Waals surface area (Å²) in [6.07, 6.45) is 13.7. The van der Waals surface area contributed by atoms with E-state index in [0.717, 1.165) is 19.4 Å². The molecule has 0 aliphatic carbocycles. The Kier molecular flexibility index (Phi) is 13.6. The Balaban J connectivity index is 2.98. The molecule has 0 spiro atoms. The maximum atomic E-state index is 10.7. The second-order valence-corrected chi connectivity index (χ2v) is 4.70. The van der Waals surface area contributed by atoms with Gasteiger partial charge in [-0.3, -0.25) is 0 Å². The van der Waals surface area contributed by atoms with E-state index in [9.17, 15) is 4.79 Å². The van der Waals surface area contributed by atoms with Gasteiger partial charge in [-0.2, -0.15) is 0 Å². The number of nitrogens with two attached hydrogens (primary N) is 1. The first-order valence-corrected chi connectivity index (χ1v) is 7.30. The molecular formula is C15H29NO2. The van der Waals surface area contributed by atoms with E-state index in [0.29, 0.717) is 6.61 Å². The lowest BCUT2D eigenvalue weighted by Crippen LogP contribution is -2.01. The molecule has 2 N–H and O–H groups in total. The van der Waals surface area contributed by atoms with Gasteiger partial charge >= 0.3 is 5.97 Å². The standard InChI is InChI=1S/C15H29NO2/c1-2-15(17)18-14-12-10-8-6-4-3-5-7-9-11-13-16/h2H,1,3-14,16H2. The van der Waals surface area contributed by atoms with Crippen molar-refractivity contribution in [2.24, 2.45) is 5.73 Å². The number of rotatable bonds is 13. The molecule has 0 unspecified atom stereocenters. The number of hydrogen-bond donors (Lipinski definition) is 1. The van der Waals surface area contributed by atoms with Crippen molar-refractivity contribution in [2.45, 2.75) is 64.2 Å². The van der Waals surface area contributed by atoms with Gasteiger partial charge in [-0.1, -0.05) is 57.9 Å². The highest BCUT2D eigenvalue weighted by Crippen LogP contribution is 2.10. The lowest BCUT2D eigenvalue weighted by atomic mass is 10.1. The minimum atomic E-state index is -0.313. The van der Waals surface area contributed by atoms with Gasteiger partial charge < -0.3 is 10.5 Å². The van der Waals surface area contributed by atoms with Crippen LogP contribution in [0, 0.1) is 0 Å². The quantitative estimate of drug-likeness (QED) is 0.311. The zero-order chi connectivity index (χ0) is 13.5. The molecule has 0 aromatic carbocycles. The van der Waals surface area contributed by atoms with Crippen molar-refractivity contribution < 1.29 is 9.53 Å². The summed E-state index contributed by atoms with van der Waals surface area (Å²) < 4.78 is 4.91. The molecule has 0 aromatic rings. The van der Waals surface area contributed by atoms with Crippen LogP contribution in [-0.2, 0) is 9.53 Å². The van der Waals surface area contributed by atoms with E-state index in [2.05, 4.69) is 6.58 Å². The Labute approximate surface area is 112 Å². The van der Waals surface area contributed by atoms with Crippen LogP contribution in [0.2, 0.25) is 0 Å². The molecule has 0 rings (SSSR count). The fourth-order valence-corrected chi connectivity index (χ4v) is 1.89. The lowest BCUT2D eigenvalue weighted by molar-refractivity contribution is -0.137. The van der Waals surface area contributed by atoms with Gasteiger partial charge in [0.15, 0.2) is 0 Å². The first-order valence-electron chi connectivity index (χ1n) is 7.30. The van der Waals surface area contributed by atoms with Crippen LogP contribution in [0.1, 0.15) is 64.2 Å². The number of carbonyl (C=O) groups excluding carboxylic acids is 1. The van der Waals surface area contributed by atoms with Crippen molar-refractivity contribution in [3.63, 3.8) is 0 Å². The highest BCUT2D eigenvalue weighted by atomic mass is 16.5. The predicted molar refractivity (Wildman–Crippen MR) is 76.4 cm³/mol. The molecule has 0 heterocycles. The number of unbranched alkanes of at least 4 members (excludes halogenated alkanes) is 9. The summed E-state index contributed by atoms with van der Waals surface area (Å²) in [7, 11) is 0. The molecule has 0 atom stereocenters. The highest BCUT2D eigenvalue weighted by molar-refractivity contribution is 5.81. The maximum absolute atomic E-state index is 10.7. The summed E-state index contributed by atoms with van der Waals surface area (Å²) in [6.45, 7) is 4.72. The van der Waals surface area contributed by atoms with Crippen molar-refractivity contribution >= 4 is 5.97 Å². The van der Waals surface area contributed by atoms with Gasteiger partial charge in [0.1, 0.15) is 0 Å². The van der Waals surface area contributed by atoms with E-state index in [1.54, 1.807) is 0 Å². The van der Waals surface area contributed by atoms with Crippen LogP contribution >= 0.6 is 0 Å². The smallest absolute Gasteiger partial charge is 0.330 e. The summed E-state index contributed by atoms with van der Waals surface area (Å²) >= 11 is 0. The molecule has 0 radical (unpaired) electrons. The van der Waals surface area contributed by atoms with Crippen LogP contribution in [0.15, 0.2) is 12.7 Å². The number of carbonyl (C=O) groups is 1. The van der Waals surface area contributed by atoms with Crippen molar-refractivity contribution in [1.29, 1.82) is 0 Å². The SMILES string of the molecule is C=CC(=O)OCCCCCCCCCCCCN. The molecule has 106 valence electrons. The fraction of sp³-hybridized carbons (Fsp3) is 0.800. The van der Waals surface area contributed by atoms with Crippen LogP contribution in [0.25, 0.3) is 0 Å². The van der Waals surface area contributed by atoms with Crippen LogP contribution in [0.3, 0.4) is 0 Å². The fourth-order valence-electron chi connectivity index (χ4n) is 1.89. The largest absolute Gasteiger partial charge is 0.463 e. The van der Waals surface area contributed by atoms with E-state index in [1.165, 1.54) is 57.4 Å². The van der Waals surface area contributed by atoms with Crippen molar-refractivity contribution in [1.82, 2.24) is 0 Å². The molecule has 0 saturated carbocycles. The lowest BCUT2D eigenvalue weighted by Gasteiger charge is -2.03. The van der Waals surface area contributed by atoms with Crippen molar-refractivity contribution in [2.75, 3.05) is 13.2 Å². The first kappa shape index (κ1) is 17.2. The normalized spacial score (nSPS) is 10.3. The zero-order valence-corrected chi connectivity index (χ0v) is 11.7. The van der Waals surface area contributed by atoms with E-state index in [4.69, 9.17) is 10.5 Å². The van der Waals surface area contributed by atoms with Crippen LogP contribution < -0.4 is 5.73 Å². The molecule has 18 heavy (non-hydrogen) atoms. The van der Waals surface area contributed by atoms with E-state index in [-0.39, 0.29) is 5.97 Å². The molecule has 0 aliphatic rings. The third-order valence-corrected chi connectivity index (χ3v) is 3.01. The van der Waals surface area contributed by atoms with E-state index >= 15 is 0 Å². The monoisotopic (exact) mass is 255 g/mol. The summed E-state index contributed by atoms with van der Waals surface area (Å²) in [6, 6.07) is 0. The van der Waals surface area contributed by atoms with Gasteiger partial charge in [-0.05, 0) is 19.4 Å². The number of esters is 1. The molecular weight excluding hydrogens is 226 g/mol. The zero-order valence-electron chi connectivity index (χ0n) is 11.7. The number of hydrogen-bond acceptors (Lipinski definition) is 3. The molecule has 0 fully saturated rings. The van der Waals surface area contributed by atoms with Gasteiger partial charge in [0.25, 0.3) is 0 Å². The Morgan fingerprint density at radius 2 is 1.33 bits per heavy atom. The molecule has 0 aliphatic heterocycles. The Hall–Kier alpha value is -0.830. The van der Waals surface area contributed by atoms with E-state index in [1.807, 2.05) is 0 Å². The maximum Gasteiger partial charge on any atom is 0.330 e. The Morgan fingerprint density at radius 1 is 0.889 bits per heavy atom. The molecule has 0 saturated heterocycles. The average Bonchev–Trinajstić information content (AvgIpc) is 2.39. The molecule has 0 bridgehead atoms. The third-order valence-electron chi connectivity index (χ3n) is 3.01.